The SMILES string of the molecule is CCC(NS(=O)(=O)N1CCC(C)CC1)C(=O)OC. The Hall–Kier alpha value is -0.660. The lowest BCUT2D eigenvalue weighted by Gasteiger charge is -2.30. The molecule has 1 aliphatic rings. The van der Waals surface area contributed by atoms with Crippen LogP contribution < -0.4 is 4.72 Å². The fraction of sp³-hybridized carbons (Fsp3) is 0.909. The topological polar surface area (TPSA) is 75.7 Å². The Morgan fingerprint density at radius 1 is 1.44 bits per heavy atom. The molecule has 0 aliphatic carbocycles. The van der Waals surface area contributed by atoms with E-state index in [2.05, 4.69) is 16.4 Å². The number of nitrogens with zero attached hydrogens (tertiary/aromatic N) is 1. The smallest absolute Gasteiger partial charge is 0.323 e. The Balaban J connectivity index is 2.66. The minimum absolute atomic E-state index is 0.371. The summed E-state index contributed by atoms with van der Waals surface area (Å²) in [6.07, 6.45) is 2.09. The second-order valence-corrected chi connectivity index (χ2v) is 6.39. The molecular formula is C11H22N2O4S. The highest BCUT2D eigenvalue weighted by molar-refractivity contribution is 7.87. The third-order valence-corrected chi connectivity index (χ3v) is 4.90. The first-order valence-corrected chi connectivity index (χ1v) is 7.70. The van der Waals surface area contributed by atoms with Crippen LogP contribution in [0.15, 0.2) is 0 Å². The van der Waals surface area contributed by atoms with E-state index in [1.807, 2.05) is 0 Å². The molecule has 0 radical (unpaired) electrons. The van der Waals surface area contributed by atoms with Crippen molar-refractivity contribution in [2.24, 2.45) is 5.92 Å². The molecule has 1 N–H and O–H groups in total. The first-order valence-electron chi connectivity index (χ1n) is 6.26. The standard InChI is InChI=1S/C11H22N2O4S/c1-4-10(11(14)17-3)12-18(15,16)13-7-5-9(2)6-8-13/h9-10,12H,4-8H2,1-3H3. The van der Waals surface area contributed by atoms with E-state index in [0.717, 1.165) is 12.8 Å². The molecule has 6 nitrogen and oxygen atoms in total. The molecule has 106 valence electrons. The first kappa shape index (κ1) is 15.4. The number of rotatable bonds is 5. The highest BCUT2D eigenvalue weighted by Gasteiger charge is 2.30. The van der Waals surface area contributed by atoms with Gasteiger partial charge in [0.15, 0.2) is 0 Å². The van der Waals surface area contributed by atoms with Crippen molar-refractivity contribution in [2.75, 3.05) is 20.2 Å². The maximum atomic E-state index is 12.1. The highest BCUT2D eigenvalue weighted by Crippen LogP contribution is 2.18. The third kappa shape index (κ3) is 3.93. The number of hydrogen-bond donors (Lipinski definition) is 1. The summed E-state index contributed by atoms with van der Waals surface area (Å²) in [4.78, 5) is 11.4. The summed E-state index contributed by atoms with van der Waals surface area (Å²) in [6.45, 7) is 4.87. The van der Waals surface area contributed by atoms with Crippen molar-refractivity contribution >= 4 is 16.2 Å². The molecule has 1 unspecified atom stereocenters. The van der Waals surface area contributed by atoms with Gasteiger partial charge in [-0.05, 0) is 25.2 Å². The van der Waals surface area contributed by atoms with Gasteiger partial charge in [-0.25, -0.2) is 0 Å². The van der Waals surface area contributed by atoms with Crippen molar-refractivity contribution < 1.29 is 17.9 Å². The Bertz CT molecular complexity index is 375. The van der Waals surface area contributed by atoms with Gasteiger partial charge in [-0.3, -0.25) is 4.79 Å². The summed E-state index contributed by atoms with van der Waals surface area (Å²) < 4.78 is 32.6. The van der Waals surface area contributed by atoms with E-state index < -0.39 is 22.2 Å². The molecule has 1 saturated heterocycles. The largest absolute Gasteiger partial charge is 0.468 e. The molecule has 0 aromatic carbocycles. The molecule has 18 heavy (non-hydrogen) atoms. The van der Waals surface area contributed by atoms with Gasteiger partial charge in [-0.15, -0.1) is 0 Å². The number of carbonyl (C=O) groups is 1. The molecule has 0 bridgehead atoms. The Morgan fingerprint density at radius 2 is 2.00 bits per heavy atom. The molecule has 7 heteroatoms. The van der Waals surface area contributed by atoms with Gasteiger partial charge in [0.05, 0.1) is 7.11 Å². The second-order valence-electron chi connectivity index (χ2n) is 4.69. The average molecular weight is 278 g/mol. The van der Waals surface area contributed by atoms with E-state index in [-0.39, 0.29) is 0 Å². The van der Waals surface area contributed by atoms with Crippen LogP contribution in [0.25, 0.3) is 0 Å². The monoisotopic (exact) mass is 278 g/mol. The first-order chi connectivity index (χ1) is 8.40. The summed E-state index contributed by atoms with van der Waals surface area (Å²) in [5.74, 6) is 0.00508. The molecule has 1 rings (SSSR count). The zero-order valence-corrected chi connectivity index (χ0v) is 12.0. The van der Waals surface area contributed by atoms with Gasteiger partial charge >= 0.3 is 5.97 Å². The molecule has 0 amide bonds. The fourth-order valence-corrected chi connectivity index (χ4v) is 3.38. The van der Waals surface area contributed by atoms with E-state index in [9.17, 15) is 13.2 Å². The van der Waals surface area contributed by atoms with Crippen LogP contribution in [0.1, 0.15) is 33.1 Å². The number of piperidine rings is 1. The van der Waals surface area contributed by atoms with Crippen LogP contribution in [0.2, 0.25) is 0 Å². The van der Waals surface area contributed by atoms with E-state index in [4.69, 9.17) is 0 Å². The summed E-state index contributed by atoms with van der Waals surface area (Å²) in [6, 6.07) is -0.806. The van der Waals surface area contributed by atoms with Crippen molar-refractivity contribution in [1.29, 1.82) is 0 Å². The molecule has 0 spiro atoms. The number of ether oxygens (including phenoxy) is 1. The summed E-state index contributed by atoms with van der Waals surface area (Å²) in [7, 11) is -2.34. The fourth-order valence-electron chi connectivity index (χ4n) is 1.92. The van der Waals surface area contributed by atoms with Crippen molar-refractivity contribution in [3.05, 3.63) is 0 Å². The Labute approximate surface area is 109 Å². The zero-order valence-electron chi connectivity index (χ0n) is 11.2. The molecular weight excluding hydrogens is 256 g/mol. The number of nitrogens with one attached hydrogen (secondary N) is 1. The predicted molar refractivity (Wildman–Crippen MR) is 68.1 cm³/mol. The number of hydrogen-bond acceptors (Lipinski definition) is 4. The van der Waals surface area contributed by atoms with Gasteiger partial charge in [0.2, 0.25) is 0 Å². The van der Waals surface area contributed by atoms with Crippen LogP contribution >= 0.6 is 0 Å². The van der Waals surface area contributed by atoms with Crippen LogP contribution in [-0.4, -0.2) is 44.9 Å². The number of methoxy groups -OCH3 is 1. The van der Waals surface area contributed by atoms with E-state index >= 15 is 0 Å². The van der Waals surface area contributed by atoms with E-state index in [1.54, 1.807) is 6.92 Å². The zero-order chi connectivity index (χ0) is 13.8. The Morgan fingerprint density at radius 3 is 2.44 bits per heavy atom. The van der Waals surface area contributed by atoms with Crippen LogP contribution in [0.4, 0.5) is 0 Å². The van der Waals surface area contributed by atoms with Gasteiger partial charge in [0.25, 0.3) is 10.2 Å². The maximum absolute atomic E-state index is 12.1. The van der Waals surface area contributed by atoms with Crippen molar-refractivity contribution in [3.63, 3.8) is 0 Å². The number of esters is 1. The molecule has 0 aromatic heterocycles. The minimum Gasteiger partial charge on any atom is -0.468 e. The molecule has 1 heterocycles. The lowest BCUT2D eigenvalue weighted by Crippen LogP contribution is -2.50. The second kappa shape index (κ2) is 6.49. The van der Waals surface area contributed by atoms with Crippen LogP contribution in [-0.2, 0) is 19.7 Å². The summed E-state index contributed by atoms with van der Waals surface area (Å²) >= 11 is 0. The van der Waals surface area contributed by atoms with Crippen molar-refractivity contribution in [1.82, 2.24) is 9.03 Å². The van der Waals surface area contributed by atoms with Gasteiger partial charge < -0.3 is 4.74 Å². The lowest BCUT2D eigenvalue weighted by atomic mass is 10.0. The van der Waals surface area contributed by atoms with Crippen molar-refractivity contribution in [2.45, 2.75) is 39.2 Å². The van der Waals surface area contributed by atoms with Crippen LogP contribution in [0.5, 0.6) is 0 Å². The van der Waals surface area contributed by atoms with Crippen molar-refractivity contribution in [3.8, 4) is 0 Å². The molecule has 1 atom stereocenters. The van der Waals surface area contributed by atoms with Crippen LogP contribution in [0.3, 0.4) is 0 Å². The third-order valence-electron chi connectivity index (χ3n) is 3.27. The number of carbonyl (C=O) groups excluding carboxylic acids is 1. The Kier molecular flexibility index (Phi) is 5.55. The molecule has 1 aliphatic heterocycles. The van der Waals surface area contributed by atoms with E-state index in [1.165, 1.54) is 11.4 Å². The molecule has 1 fully saturated rings. The summed E-state index contributed by atoms with van der Waals surface area (Å²) in [5.41, 5.74) is 0. The molecule has 0 aromatic rings. The summed E-state index contributed by atoms with van der Waals surface area (Å²) in [5, 5.41) is 0. The van der Waals surface area contributed by atoms with Gasteiger partial charge in [-0.1, -0.05) is 13.8 Å². The highest BCUT2D eigenvalue weighted by atomic mass is 32.2. The normalized spacial score (nSPS) is 20.6. The molecule has 0 saturated carbocycles. The predicted octanol–water partition coefficient (Wildman–Crippen LogP) is 0.504. The van der Waals surface area contributed by atoms with Gasteiger partial charge in [-0.2, -0.15) is 17.4 Å². The van der Waals surface area contributed by atoms with Gasteiger partial charge in [0.1, 0.15) is 6.04 Å². The lowest BCUT2D eigenvalue weighted by molar-refractivity contribution is -0.142. The average Bonchev–Trinajstić information content (AvgIpc) is 2.35. The van der Waals surface area contributed by atoms with E-state index in [0.29, 0.717) is 25.4 Å². The quantitative estimate of drug-likeness (QED) is 0.743. The maximum Gasteiger partial charge on any atom is 0.323 e. The van der Waals surface area contributed by atoms with Crippen LogP contribution in [0, 0.1) is 5.92 Å². The minimum atomic E-state index is -3.59. The van der Waals surface area contributed by atoms with Gasteiger partial charge in [0, 0.05) is 13.1 Å².